The first-order valence-corrected chi connectivity index (χ1v) is 9.24. The largest absolute Gasteiger partial charge is 0.493 e. The number of ether oxygens (including phenoxy) is 3. The van der Waals surface area contributed by atoms with Crippen molar-refractivity contribution in [3.63, 3.8) is 0 Å². The van der Waals surface area contributed by atoms with Crippen molar-refractivity contribution in [1.82, 2.24) is 10.9 Å². The second-order valence-electron chi connectivity index (χ2n) is 6.41. The molecule has 3 N–H and O–H groups in total. The molecule has 3 aromatic carbocycles. The predicted octanol–water partition coefficient (Wildman–Crippen LogP) is 3.48. The lowest BCUT2D eigenvalue weighted by Crippen LogP contribution is -2.48. The molecule has 0 fully saturated rings. The molecule has 0 spiro atoms. The van der Waals surface area contributed by atoms with Gasteiger partial charge >= 0.3 is 6.03 Å². The lowest BCUT2D eigenvalue weighted by molar-refractivity contribution is -0.127. The van der Waals surface area contributed by atoms with Crippen LogP contribution in [0.3, 0.4) is 0 Å². The lowest BCUT2D eigenvalue weighted by Gasteiger charge is -2.16. The molecule has 8 heteroatoms. The minimum atomic E-state index is -0.812. The third-order valence-electron chi connectivity index (χ3n) is 4.34. The first kappa shape index (κ1) is 20.8. The number of methoxy groups -OCH3 is 2. The molecule has 0 aliphatic carbocycles. The monoisotopic (exact) mass is 409 g/mol. The molecular weight excluding hydrogens is 386 g/mol. The Bertz CT molecular complexity index is 1050. The average molecular weight is 409 g/mol. The zero-order valence-electron chi connectivity index (χ0n) is 16.9. The van der Waals surface area contributed by atoms with Gasteiger partial charge in [-0.1, -0.05) is 30.3 Å². The van der Waals surface area contributed by atoms with E-state index in [1.54, 1.807) is 31.2 Å². The van der Waals surface area contributed by atoms with Gasteiger partial charge in [0.15, 0.2) is 17.6 Å². The Morgan fingerprint density at radius 1 is 0.833 bits per heavy atom. The molecule has 0 saturated heterocycles. The molecule has 0 saturated carbocycles. The maximum atomic E-state index is 12.2. The van der Waals surface area contributed by atoms with Gasteiger partial charge in [-0.25, -0.2) is 10.2 Å². The quantitative estimate of drug-likeness (QED) is 0.542. The molecule has 156 valence electrons. The van der Waals surface area contributed by atoms with Crippen LogP contribution in [-0.4, -0.2) is 32.3 Å². The molecule has 0 radical (unpaired) electrons. The molecule has 30 heavy (non-hydrogen) atoms. The van der Waals surface area contributed by atoms with Crippen molar-refractivity contribution in [3.05, 3.63) is 60.7 Å². The molecule has 0 aromatic heterocycles. The van der Waals surface area contributed by atoms with Crippen molar-refractivity contribution in [3.8, 4) is 17.2 Å². The highest BCUT2D eigenvalue weighted by molar-refractivity contribution is 5.92. The lowest BCUT2D eigenvalue weighted by atomic mass is 10.1. The van der Waals surface area contributed by atoms with E-state index in [2.05, 4.69) is 16.2 Å². The Kier molecular flexibility index (Phi) is 6.59. The van der Waals surface area contributed by atoms with Crippen LogP contribution in [0.5, 0.6) is 17.2 Å². The summed E-state index contributed by atoms with van der Waals surface area (Å²) in [5, 5.41) is 4.68. The highest BCUT2D eigenvalue weighted by Gasteiger charge is 2.16. The highest BCUT2D eigenvalue weighted by atomic mass is 16.5. The molecule has 1 atom stereocenters. The highest BCUT2D eigenvalue weighted by Crippen LogP contribution is 2.29. The van der Waals surface area contributed by atoms with Gasteiger partial charge in [-0.05, 0) is 42.0 Å². The maximum Gasteiger partial charge on any atom is 0.337 e. The summed E-state index contributed by atoms with van der Waals surface area (Å²) in [5.74, 6) is 1.07. The van der Waals surface area contributed by atoms with Gasteiger partial charge in [0.05, 0.1) is 14.2 Å². The molecule has 0 aliphatic heterocycles. The molecule has 3 amide bonds. The van der Waals surface area contributed by atoms with Crippen LogP contribution in [0.25, 0.3) is 10.8 Å². The van der Waals surface area contributed by atoms with Crippen LogP contribution >= 0.6 is 0 Å². The number of amides is 3. The topological polar surface area (TPSA) is 97.9 Å². The van der Waals surface area contributed by atoms with Crippen molar-refractivity contribution in [1.29, 1.82) is 0 Å². The Balaban J connectivity index is 1.52. The van der Waals surface area contributed by atoms with E-state index in [1.165, 1.54) is 14.2 Å². The number of fused-ring (bicyclic) bond motifs is 1. The van der Waals surface area contributed by atoms with Gasteiger partial charge in [-0.3, -0.25) is 10.2 Å². The van der Waals surface area contributed by atoms with Crippen LogP contribution in [-0.2, 0) is 4.79 Å². The number of nitrogens with one attached hydrogen (secondary N) is 3. The van der Waals surface area contributed by atoms with Gasteiger partial charge in [-0.15, -0.1) is 0 Å². The first-order chi connectivity index (χ1) is 14.5. The summed E-state index contributed by atoms with van der Waals surface area (Å²) in [6.07, 6.45) is -0.812. The summed E-state index contributed by atoms with van der Waals surface area (Å²) < 4.78 is 16.0. The molecule has 0 heterocycles. The third-order valence-corrected chi connectivity index (χ3v) is 4.34. The standard InChI is InChI=1S/C22H23N3O5/c1-14(30-18-10-8-15-6-4-5-7-16(15)12-18)21(26)24-25-22(27)23-17-9-11-19(28-2)20(13-17)29-3/h4-14H,1-3H3,(H,24,26)(H2,23,25,27)/t14-/m1/s1. The zero-order chi connectivity index (χ0) is 21.5. The Labute approximate surface area is 174 Å². The zero-order valence-corrected chi connectivity index (χ0v) is 16.9. The molecule has 0 unspecified atom stereocenters. The third kappa shape index (κ3) is 5.11. The summed E-state index contributed by atoms with van der Waals surface area (Å²) in [6, 6.07) is 17.7. The summed E-state index contributed by atoms with van der Waals surface area (Å²) in [4.78, 5) is 24.3. The van der Waals surface area contributed by atoms with Crippen molar-refractivity contribution in [2.24, 2.45) is 0 Å². The Morgan fingerprint density at radius 3 is 2.30 bits per heavy atom. The second-order valence-corrected chi connectivity index (χ2v) is 6.41. The molecule has 3 aromatic rings. The van der Waals surface area contributed by atoms with Gasteiger partial charge in [-0.2, -0.15) is 0 Å². The van der Waals surface area contributed by atoms with Crippen molar-refractivity contribution in [2.75, 3.05) is 19.5 Å². The minimum absolute atomic E-state index is 0.469. The number of urea groups is 1. The fourth-order valence-electron chi connectivity index (χ4n) is 2.79. The fraction of sp³-hybridized carbons (Fsp3) is 0.182. The average Bonchev–Trinajstić information content (AvgIpc) is 2.77. The molecule has 0 bridgehead atoms. The number of benzene rings is 3. The number of carbonyl (C=O) groups is 2. The first-order valence-electron chi connectivity index (χ1n) is 9.24. The number of carbonyl (C=O) groups excluding carboxylic acids is 2. The minimum Gasteiger partial charge on any atom is -0.493 e. The predicted molar refractivity (Wildman–Crippen MR) is 114 cm³/mol. The summed E-state index contributed by atoms with van der Waals surface area (Å²) >= 11 is 0. The van der Waals surface area contributed by atoms with Gasteiger partial charge in [0.2, 0.25) is 0 Å². The van der Waals surface area contributed by atoms with Crippen molar-refractivity contribution < 1.29 is 23.8 Å². The van der Waals surface area contributed by atoms with E-state index in [1.807, 2.05) is 36.4 Å². The number of hydrogen-bond acceptors (Lipinski definition) is 5. The van der Waals surface area contributed by atoms with Gasteiger partial charge in [0.25, 0.3) is 5.91 Å². The normalized spacial score (nSPS) is 11.3. The number of anilines is 1. The van der Waals surface area contributed by atoms with Gasteiger partial charge in [0, 0.05) is 11.8 Å². The van der Waals surface area contributed by atoms with Crippen LogP contribution in [0.15, 0.2) is 60.7 Å². The van der Waals surface area contributed by atoms with Crippen LogP contribution < -0.4 is 30.4 Å². The van der Waals surface area contributed by atoms with Crippen molar-refractivity contribution >= 4 is 28.4 Å². The van der Waals surface area contributed by atoms with E-state index in [-0.39, 0.29) is 0 Å². The van der Waals surface area contributed by atoms with Crippen molar-refractivity contribution in [2.45, 2.75) is 13.0 Å². The smallest absolute Gasteiger partial charge is 0.337 e. The Morgan fingerprint density at radius 2 is 1.57 bits per heavy atom. The molecule has 3 rings (SSSR count). The number of hydrogen-bond donors (Lipinski definition) is 3. The van der Waals surface area contributed by atoms with Crippen LogP contribution in [0.1, 0.15) is 6.92 Å². The van der Waals surface area contributed by atoms with E-state index in [9.17, 15) is 9.59 Å². The summed E-state index contributed by atoms with van der Waals surface area (Å²) in [6.45, 7) is 1.60. The van der Waals surface area contributed by atoms with Crippen LogP contribution in [0, 0.1) is 0 Å². The molecule has 8 nitrogen and oxygen atoms in total. The summed E-state index contributed by atoms with van der Waals surface area (Å²) in [7, 11) is 3.02. The van der Waals surface area contributed by atoms with E-state index < -0.39 is 18.0 Å². The Hall–Kier alpha value is -3.94. The van der Waals surface area contributed by atoms with Gasteiger partial charge < -0.3 is 19.5 Å². The fourth-order valence-corrected chi connectivity index (χ4v) is 2.79. The van der Waals surface area contributed by atoms with E-state index in [0.29, 0.717) is 22.9 Å². The molecular formula is C22H23N3O5. The number of rotatable bonds is 6. The van der Waals surface area contributed by atoms with Crippen LogP contribution in [0.2, 0.25) is 0 Å². The van der Waals surface area contributed by atoms with Crippen LogP contribution in [0.4, 0.5) is 10.5 Å². The van der Waals surface area contributed by atoms with E-state index in [0.717, 1.165) is 10.8 Å². The van der Waals surface area contributed by atoms with E-state index >= 15 is 0 Å². The van der Waals surface area contributed by atoms with E-state index in [4.69, 9.17) is 14.2 Å². The SMILES string of the molecule is COc1ccc(NC(=O)NNC(=O)[C@@H](C)Oc2ccc3ccccc3c2)cc1OC. The number of hydrazine groups is 1. The summed E-state index contributed by atoms with van der Waals surface area (Å²) in [5.41, 5.74) is 5.09. The van der Waals surface area contributed by atoms with Gasteiger partial charge in [0.1, 0.15) is 5.75 Å². The molecule has 0 aliphatic rings. The maximum absolute atomic E-state index is 12.2. The second kappa shape index (κ2) is 9.51.